The Kier molecular flexibility index (Phi) is 24.1. The third-order valence-electron chi connectivity index (χ3n) is 9.97. The second-order valence-electron chi connectivity index (χ2n) is 15.2. The number of H-pyrrole nitrogens is 1. The first-order valence-corrected chi connectivity index (χ1v) is 22.4. The van der Waals surface area contributed by atoms with Crippen LogP contribution < -0.4 is 21.7 Å². The molecule has 1 aliphatic heterocycles. The fourth-order valence-electron chi connectivity index (χ4n) is 6.58. The maximum absolute atomic E-state index is 14.0. The molecule has 21 nitrogen and oxygen atoms in total. The molecule has 61 heavy (non-hydrogen) atoms. The van der Waals surface area contributed by atoms with E-state index in [-0.39, 0.29) is 82.1 Å². The van der Waals surface area contributed by atoms with E-state index in [9.17, 15) is 48.1 Å². The van der Waals surface area contributed by atoms with Crippen LogP contribution in [0.15, 0.2) is 12.5 Å². The summed E-state index contributed by atoms with van der Waals surface area (Å²) in [5.41, 5.74) is 6.08. The number of ketones is 3. The van der Waals surface area contributed by atoms with Crippen molar-refractivity contribution in [1.82, 2.24) is 30.8 Å². The number of ether oxygens (including phenoxy) is 2. The lowest BCUT2D eigenvalue weighted by molar-refractivity contribution is -0.140. The van der Waals surface area contributed by atoms with E-state index in [4.69, 9.17) is 19.7 Å². The van der Waals surface area contributed by atoms with Gasteiger partial charge in [0, 0.05) is 57.1 Å². The summed E-state index contributed by atoms with van der Waals surface area (Å²) in [7, 11) is -3.58. The number of nitrogens with two attached hydrogens (primary N) is 1. The molecular formula is C38H64N7O14PS. The van der Waals surface area contributed by atoms with E-state index in [1.54, 1.807) is 0 Å². The van der Waals surface area contributed by atoms with Crippen LogP contribution in [0.1, 0.15) is 71.9 Å². The van der Waals surface area contributed by atoms with Crippen LogP contribution in [-0.4, -0.2) is 155 Å². The van der Waals surface area contributed by atoms with Crippen LogP contribution in [0.3, 0.4) is 0 Å². The fraction of sp³-hybridized carbons (Fsp3) is 0.737. The molecule has 1 aromatic heterocycles. The number of nitrogens with zero attached hydrogens (tertiary/aromatic N) is 2. The van der Waals surface area contributed by atoms with Gasteiger partial charge in [0.15, 0.2) is 11.6 Å². The molecule has 346 valence electrons. The highest BCUT2D eigenvalue weighted by Crippen LogP contribution is 2.44. The van der Waals surface area contributed by atoms with E-state index in [1.165, 1.54) is 24.3 Å². The quantitative estimate of drug-likeness (QED) is 0.0268. The Morgan fingerprint density at radius 3 is 2.28 bits per heavy atom. The van der Waals surface area contributed by atoms with Gasteiger partial charge in [0.2, 0.25) is 23.6 Å². The van der Waals surface area contributed by atoms with Crippen LogP contribution >= 0.6 is 20.5 Å². The minimum atomic E-state index is -4.52. The van der Waals surface area contributed by atoms with Crippen molar-refractivity contribution >= 4 is 61.4 Å². The molecule has 0 aliphatic carbocycles. The number of rotatable bonds is 31. The molecule has 23 heteroatoms. The van der Waals surface area contributed by atoms with Crippen molar-refractivity contribution in [2.45, 2.75) is 103 Å². The van der Waals surface area contributed by atoms with Crippen molar-refractivity contribution in [3.8, 4) is 0 Å². The Labute approximate surface area is 361 Å². The highest BCUT2D eigenvalue weighted by atomic mass is 32.1. The number of aromatic amines is 1. The molecule has 0 bridgehead atoms. The lowest BCUT2D eigenvalue weighted by Gasteiger charge is -2.28. The largest absolute Gasteiger partial charge is 0.472 e. The van der Waals surface area contributed by atoms with Crippen LogP contribution in [0.5, 0.6) is 0 Å². The SMILES string of the molecule is COP(=O)(O)O[C@H](C)[C@H](CC(=O)[C@H](CO)NC(=O)[C@@H](CC(=O)[C@H](CC(C)C)NC(=O)[C@@H]1CCCN1C(=O)CCOCCOCCNC(=O)[C@@H](N)CS)Cc1cnc[nH]1)C(C)=O. The second kappa shape index (κ2) is 27.5. The molecule has 0 radical (unpaired) electrons. The van der Waals surface area contributed by atoms with Gasteiger partial charge in [0.25, 0.3) is 0 Å². The number of aliphatic hydroxyl groups is 1. The standard InChI is InChI=1S/C38H64N7O14PS/c1-23(2)15-30(43-38(53)32-7-6-10-45(32)35(50)8-11-57-13-14-58-12-9-41-37(52)29(39)21-61)33(48)17-26(16-27-19-40-22-42-27)36(51)44-31(20-46)34(49)18-28(24(3)47)25(4)59-60(54,55)56-5/h19,22-23,25-26,28-32,46,61H,6-18,20-21,39H2,1-5H3,(H,40,42)(H,41,52)(H,43,53)(H,44,51)(H,54,55)/t25-,26-,28-,29+,30+,31+,32+/m1/s1. The van der Waals surface area contributed by atoms with Crippen LogP contribution in [0.4, 0.5) is 0 Å². The van der Waals surface area contributed by atoms with Crippen molar-refractivity contribution in [2.75, 3.05) is 59.0 Å². The average Bonchev–Trinajstić information content (AvgIpc) is 3.93. The number of phosphoric acid groups is 1. The minimum Gasteiger partial charge on any atom is -0.394 e. The summed E-state index contributed by atoms with van der Waals surface area (Å²) in [6.07, 6.45) is 1.83. The highest BCUT2D eigenvalue weighted by Gasteiger charge is 2.38. The summed E-state index contributed by atoms with van der Waals surface area (Å²) in [5.74, 6) is -5.86. The molecule has 1 aliphatic rings. The van der Waals surface area contributed by atoms with Crippen molar-refractivity contribution in [3.05, 3.63) is 18.2 Å². The van der Waals surface area contributed by atoms with E-state index >= 15 is 0 Å². The van der Waals surface area contributed by atoms with E-state index in [1.807, 2.05) is 13.8 Å². The van der Waals surface area contributed by atoms with Gasteiger partial charge >= 0.3 is 7.82 Å². The van der Waals surface area contributed by atoms with Gasteiger partial charge < -0.3 is 51.0 Å². The molecule has 1 aromatic rings. The van der Waals surface area contributed by atoms with Gasteiger partial charge in [-0.25, -0.2) is 9.55 Å². The van der Waals surface area contributed by atoms with Gasteiger partial charge in [-0.15, -0.1) is 0 Å². The zero-order chi connectivity index (χ0) is 45.7. The Morgan fingerprint density at radius 1 is 1.02 bits per heavy atom. The van der Waals surface area contributed by atoms with Gasteiger partial charge in [0.1, 0.15) is 17.9 Å². The van der Waals surface area contributed by atoms with Gasteiger partial charge in [-0.05, 0) is 39.0 Å². The molecule has 0 spiro atoms. The Hall–Kier alpha value is -3.60. The summed E-state index contributed by atoms with van der Waals surface area (Å²) in [6, 6.07) is -4.06. The predicted molar refractivity (Wildman–Crippen MR) is 223 cm³/mol. The summed E-state index contributed by atoms with van der Waals surface area (Å²) < 4.78 is 32.3. The van der Waals surface area contributed by atoms with Gasteiger partial charge in [-0.3, -0.25) is 42.6 Å². The number of nitrogens with one attached hydrogen (secondary N) is 4. The second-order valence-corrected chi connectivity index (χ2v) is 17.1. The van der Waals surface area contributed by atoms with E-state index in [0.717, 1.165) is 14.0 Å². The number of hydrogen-bond donors (Lipinski definition) is 8. The van der Waals surface area contributed by atoms with E-state index in [2.05, 4.69) is 43.1 Å². The number of Topliss-reactive ketones (excluding diaryl/α,β-unsaturated/α-hetero) is 3. The zero-order valence-electron chi connectivity index (χ0n) is 35.5. The van der Waals surface area contributed by atoms with Crippen LogP contribution in [-0.2, 0) is 63.1 Å². The van der Waals surface area contributed by atoms with Crippen molar-refractivity contribution < 1.29 is 66.6 Å². The van der Waals surface area contributed by atoms with Gasteiger partial charge in [-0.2, -0.15) is 12.6 Å². The molecule has 4 amide bonds. The average molecular weight is 906 g/mol. The molecule has 1 unspecified atom stereocenters. The zero-order valence-corrected chi connectivity index (χ0v) is 37.3. The molecule has 0 saturated carbocycles. The Bertz CT molecular complexity index is 1640. The van der Waals surface area contributed by atoms with Crippen LogP contribution in [0.25, 0.3) is 0 Å². The van der Waals surface area contributed by atoms with E-state index in [0.29, 0.717) is 25.1 Å². The number of carbonyl (C=O) groups is 7. The number of aromatic nitrogens is 2. The number of phosphoric ester groups is 1. The summed E-state index contributed by atoms with van der Waals surface area (Å²) in [5, 5.41) is 18.1. The predicted octanol–water partition coefficient (Wildman–Crippen LogP) is -0.360. The third kappa shape index (κ3) is 19.1. The van der Waals surface area contributed by atoms with Crippen molar-refractivity contribution in [2.24, 2.45) is 23.5 Å². The topological polar surface area (TPSA) is 308 Å². The number of amides is 4. The molecular weight excluding hydrogens is 841 g/mol. The number of aliphatic hydroxyl groups excluding tert-OH is 1. The maximum Gasteiger partial charge on any atom is 0.472 e. The monoisotopic (exact) mass is 905 g/mol. The fourth-order valence-corrected chi connectivity index (χ4v) is 7.40. The van der Waals surface area contributed by atoms with Crippen LogP contribution in [0, 0.1) is 17.8 Å². The molecule has 2 rings (SSSR count). The number of likely N-dealkylation sites (tertiary alicyclic amines) is 1. The maximum atomic E-state index is 14.0. The van der Waals surface area contributed by atoms with Crippen molar-refractivity contribution in [3.63, 3.8) is 0 Å². The lowest BCUT2D eigenvalue weighted by Crippen LogP contribution is -2.52. The summed E-state index contributed by atoms with van der Waals surface area (Å²) in [4.78, 5) is 110. The normalized spacial score (nSPS) is 18.0. The van der Waals surface area contributed by atoms with Crippen molar-refractivity contribution in [1.29, 1.82) is 0 Å². The van der Waals surface area contributed by atoms with Crippen LogP contribution in [0.2, 0.25) is 0 Å². The van der Waals surface area contributed by atoms with E-state index < -0.39 is 92.1 Å². The number of thiol groups is 1. The molecule has 0 aromatic carbocycles. The first-order chi connectivity index (χ1) is 28.8. The van der Waals surface area contributed by atoms with Gasteiger partial charge in [0.05, 0.1) is 75.8 Å². The number of imidazole rings is 1. The minimum absolute atomic E-state index is 0.0122. The number of hydrogen-bond acceptors (Lipinski definition) is 16. The smallest absolute Gasteiger partial charge is 0.394 e. The highest BCUT2D eigenvalue weighted by molar-refractivity contribution is 7.80. The third-order valence-corrected chi connectivity index (χ3v) is 11.4. The molecule has 1 saturated heterocycles. The molecule has 8 atom stereocenters. The molecule has 2 heterocycles. The number of carbonyl (C=O) groups excluding carboxylic acids is 7. The Balaban J connectivity index is 2.06. The summed E-state index contributed by atoms with van der Waals surface area (Å²) in [6.45, 7) is 6.73. The first-order valence-electron chi connectivity index (χ1n) is 20.2. The first kappa shape index (κ1) is 53.5. The molecule has 1 fully saturated rings. The lowest BCUT2D eigenvalue weighted by atomic mass is 9.89. The molecule has 8 N–H and O–H groups in total. The Morgan fingerprint density at radius 2 is 1.69 bits per heavy atom. The van der Waals surface area contributed by atoms with Gasteiger partial charge in [-0.1, -0.05) is 13.8 Å². The summed E-state index contributed by atoms with van der Waals surface area (Å²) >= 11 is 3.98.